The van der Waals surface area contributed by atoms with Crippen molar-refractivity contribution in [2.24, 2.45) is 0 Å². The van der Waals surface area contributed by atoms with E-state index in [1.54, 1.807) is 0 Å². The van der Waals surface area contributed by atoms with Gasteiger partial charge in [-0.15, -0.1) is 0 Å². The zero-order valence-electron chi connectivity index (χ0n) is 14.7. The molecular formula is C22H21F3O. The third-order valence-electron chi connectivity index (χ3n) is 4.71. The molecule has 0 aliphatic heterocycles. The molecule has 3 aromatic carbocycles. The van der Waals surface area contributed by atoms with E-state index >= 15 is 0 Å². The van der Waals surface area contributed by atoms with E-state index in [4.69, 9.17) is 0 Å². The van der Waals surface area contributed by atoms with Crippen LogP contribution in [0.3, 0.4) is 0 Å². The van der Waals surface area contributed by atoms with Crippen molar-refractivity contribution in [1.29, 1.82) is 0 Å². The molecule has 0 amide bonds. The molecule has 1 N–H and O–H groups in total. The Morgan fingerprint density at radius 3 is 2.23 bits per heavy atom. The molecule has 136 valence electrons. The predicted molar refractivity (Wildman–Crippen MR) is 98.8 cm³/mol. The molecule has 0 aromatic heterocycles. The average Bonchev–Trinajstić information content (AvgIpc) is 2.65. The maximum atomic E-state index is 14.8. The van der Waals surface area contributed by atoms with Crippen LogP contribution in [0.15, 0.2) is 42.5 Å². The van der Waals surface area contributed by atoms with Gasteiger partial charge in [0.05, 0.1) is 0 Å². The van der Waals surface area contributed by atoms with Crippen molar-refractivity contribution in [2.75, 3.05) is 0 Å². The molecule has 0 saturated carbocycles. The summed E-state index contributed by atoms with van der Waals surface area (Å²) >= 11 is 0. The molecule has 0 atom stereocenters. The lowest BCUT2D eigenvalue weighted by Crippen LogP contribution is -1.93. The van der Waals surface area contributed by atoms with Gasteiger partial charge in [-0.05, 0) is 30.0 Å². The first-order valence-corrected chi connectivity index (χ1v) is 8.91. The van der Waals surface area contributed by atoms with Crippen LogP contribution in [0.2, 0.25) is 0 Å². The van der Waals surface area contributed by atoms with Gasteiger partial charge in [-0.2, -0.15) is 0 Å². The topological polar surface area (TPSA) is 20.2 Å². The highest BCUT2D eigenvalue weighted by molar-refractivity contribution is 5.90. The maximum Gasteiger partial charge on any atom is 0.188 e. The second kappa shape index (κ2) is 7.81. The van der Waals surface area contributed by atoms with Gasteiger partial charge in [0.2, 0.25) is 0 Å². The molecule has 0 unspecified atom stereocenters. The number of phenolic OH excluding ortho intramolecular Hbond substituents is 1. The quantitative estimate of drug-likeness (QED) is 0.483. The Morgan fingerprint density at radius 1 is 0.808 bits per heavy atom. The van der Waals surface area contributed by atoms with Gasteiger partial charge in [-0.3, -0.25) is 0 Å². The highest BCUT2D eigenvalue weighted by Crippen LogP contribution is 2.34. The number of rotatable bonds is 6. The predicted octanol–water partition coefficient (Wildman–Crippen LogP) is 6.75. The second-order valence-corrected chi connectivity index (χ2v) is 6.55. The molecule has 0 saturated heterocycles. The fourth-order valence-corrected chi connectivity index (χ4v) is 3.18. The van der Waals surface area contributed by atoms with Crippen molar-refractivity contribution < 1.29 is 18.3 Å². The van der Waals surface area contributed by atoms with Crippen LogP contribution >= 0.6 is 0 Å². The monoisotopic (exact) mass is 358 g/mol. The Morgan fingerprint density at radius 2 is 1.54 bits per heavy atom. The van der Waals surface area contributed by atoms with Gasteiger partial charge in [0.25, 0.3) is 0 Å². The first-order valence-electron chi connectivity index (χ1n) is 8.91. The molecule has 0 radical (unpaired) electrons. The number of aryl methyl sites for hydroxylation is 1. The number of aromatic hydroxyl groups is 1. The summed E-state index contributed by atoms with van der Waals surface area (Å²) in [4.78, 5) is 0. The van der Waals surface area contributed by atoms with E-state index in [-0.39, 0.29) is 16.3 Å². The molecule has 0 aliphatic rings. The van der Waals surface area contributed by atoms with Gasteiger partial charge in [0, 0.05) is 16.3 Å². The van der Waals surface area contributed by atoms with Gasteiger partial charge in [-0.1, -0.05) is 62.6 Å². The smallest absolute Gasteiger partial charge is 0.188 e. The van der Waals surface area contributed by atoms with Crippen LogP contribution in [-0.4, -0.2) is 5.11 Å². The van der Waals surface area contributed by atoms with E-state index in [2.05, 4.69) is 6.92 Å². The average molecular weight is 358 g/mol. The third-order valence-corrected chi connectivity index (χ3v) is 4.71. The highest BCUT2D eigenvalue weighted by Gasteiger charge is 2.17. The van der Waals surface area contributed by atoms with E-state index in [0.717, 1.165) is 18.9 Å². The third kappa shape index (κ3) is 3.55. The van der Waals surface area contributed by atoms with Crippen LogP contribution in [0.5, 0.6) is 5.75 Å². The SMILES string of the molecule is CCCCCCc1ccc(-c2ccc3c(F)c(O)c(F)cc3c2F)cc1. The van der Waals surface area contributed by atoms with Crippen LogP contribution in [0, 0.1) is 17.5 Å². The molecule has 4 heteroatoms. The van der Waals surface area contributed by atoms with Crippen molar-refractivity contribution in [3.63, 3.8) is 0 Å². The molecule has 1 nitrogen and oxygen atoms in total. The summed E-state index contributed by atoms with van der Waals surface area (Å²) < 4.78 is 42.4. The molecule has 0 heterocycles. The molecular weight excluding hydrogens is 337 g/mol. The van der Waals surface area contributed by atoms with E-state index in [1.807, 2.05) is 24.3 Å². The number of phenols is 1. The lowest BCUT2D eigenvalue weighted by Gasteiger charge is -2.10. The summed E-state index contributed by atoms with van der Waals surface area (Å²) in [7, 11) is 0. The van der Waals surface area contributed by atoms with Gasteiger partial charge >= 0.3 is 0 Å². The number of hydrogen-bond acceptors (Lipinski definition) is 1. The number of unbranched alkanes of at least 4 members (excludes halogenated alkanes) is 3. The highest BCUT2D eigenvalue weighted by atomic mass is 19.1. The molecule has 0 fully saturated rings. The summed E-state index contributed by atoms with van der Waals surface area (Å²) in [6.07, 6.45) is 5.72. The minimum Gasteiger partial charge on any atom is -0.503 e. The van der Waals surface area contributed by atoms with Crippen molar-refractivity contribution in [1.82, 2.24) is 0 Å². The maximum absolute atomic E-state index is 14.8. The van der Waals surface area contributed by atoms with Crippen LogP contribution in [0.25, 0.3) is 21.9 Å². The van der Waals surface area contributed by atoms with Crippen LogP contribution in [-0.2, 0) is 6.42 Å². The Balaban J connectivity index is 1.91. The van der Waals surface area contributed by atoms with Crippen LogP contribution in [0.4, 0.5) is 13.2 Å². The van der Waals surface area contributed by atoms with Crippen LogP contribution < -0.4 is 0 Å². The zero-order chi connectivity index (χ0) is 18.7. The van der Waals surface area contributed by atoms with Crippen molar-refractivity contribution in [2.45, 2.75) is 39.0 Å². The summed E-state index contributed by atoms with van der Waals surface area (Å²) in [5.41, 5.74) is 2.11. The Kier molecular flexibility index (Phi) is 5.50. The largest absolute Gasteiger partial charge is 0.503 e. The van der Waals surface area contributed by atoms with Crippen molar-refractivity contribution >= 4 is 10.8 Å². The summed E-state index contributed by atoms with van der Waals surface area (Å²) in [6.45, 7) is 2.17. The van der Waals surface area contributed by atoms with Crippen LogP contribution in [0.1, 0.15) is 38.2 Å². The molecule has 0 bridgehead atoms. The molecule has 0 aliphatic carbocycles. The summed E-state index contributed by atoms with van der Waals surface area (Å²) in [6, 6.07) is 11.2. The minimum absolute atomic E-state index is 0.141. The van der Waals surface area contributed by atoms with Gasteiger partial charge in [-0.25, -0.2) is 13.2 Å². The minimum atomic E-state index is -1.17. The lowest BCUT2D eigenvalue weighted by atomic mass is 9.97. The molecule has 3 aromatic rings. The van der Waals surface area contributed by atoms with Crippen molar-refractivity contribution in [3.8, 4) is 16.9 Å². The van der Waals surface area contributed by atoms with Gasteiger partial charge in [0.15, 0.2) is 17.4 Å². The first kappa shape index (κ1) is 18.3. The fraction of sp³-hybridized carbons (Fsp3) is 0.273. The lowest BCUT2D eigenvalue weighted by molar-refractivity contribution is 0.400. The number of hydrogen-bond donors (Lipinski definition) is 1. The Labute approximate surface area is 151 Å². The second-order valence-electron chi connectivity index (χ2n) is 6.55. The molecule has 0 spiro atoms. The number of halogens is 3. The number of benzene rings is 3. The standard InChI is InChI=1S/C22H21F3O/c1-2-3-4-5-6-14-7-9-15(10-8-14)16-11-12-17-18(20(16)24)13-19(23)22(26)21(17)25/h7-13,26H,2-6H2,1H3. The normalized spacial score (nSPS) is 11.2. The summed E-state index contributed by atoms with van der Waals surface area (Å²) in [5, 5.41) is 9.02. The Hall–Kier alpha value is -2.49. The Bertz CT molecular complexity index is 917. The van der Waals surface area contributed by atoms with Gasteiger partial charge < -0.3 is 5.11 Å². The van der Waals surface area contributed by atoms with E-state index < -0.39 is 23.2 Å². The fourth-order valence-electron chi connectivity index (χ4n) is 3.18. The van der Waals surface area contributed by atoms with E-state index in [1.165, 1.54) is 37.0 Å². The zero-order valence-corrected chi connectivity index (χ0v) is 14.7. The summed E-state index contributed by atoms with van der Waals surface area (Å²) in [5.74, 6) is -4.10. The van der Waals surface area contributed by atoms with Crippen molar-refractivity contribution in [3.05, 3.63) is 65.5 Å². The molecule has 3 rings (SSSR count). The van der Waals surface area contributed by atoms with E-state index in [0.29, 0.717) is 5.56 Å². The first-order chi connectivity index (χ1) is 12.5. The number of fused-ring (bicyclic) bond motifs is 1. The van der Waals surface area contributed by atoms with E-state index in [9.17, 15) is 18.3 Å². The van der Waals surface area contributed by atoms with Gasteiger partial charge in [0.1, 0.15) is 5.82 Å². The molecule has 26 heavy (non-hydrogen) atoms.